The molecule has 1 fully saturated rings. The van der Waals surface area contributed by atoms with Crippen molar-refractivity contribution in [3.63, 3.8) is 0 Å². The highest BCUT2D eigenvalue weighted by Crippen LogP contribution is 2.20. The number of rotatable bonds is 2. The van der Waals surface area contributed by atoms with E-state index in [1.165, 1.54) is 0 Å². The van der Waals surface area contributed by atoms with Gasteiger partial charge in [-0.3, -0.25) is 4.90 Å². The summed E-state index contributed by atoms with van der Waals surface area (Å²) in [7, 11) is 0. The van der Waals surface area contributed by atoms with Crippen LogP contribution in [0.2, 0.25) is 0 Å². The molecule has 0 radical (unpaired) electrons. The quantitative estimate of drug-likeness (QED) is 0.714. The normalized spacial score (nSPS) is 26.3. The highest BCUT2D eigenvalue weighted by molar-refractivity contribution is 4.76. The smallest absolute Gasteiger partial charge is 0.314 e. The van der Waals surface area contributed by atoms with E-state index in [2.05, 4.69) is 5.32 Å². The lowest BCUT2D eigenvalue weighted by Crippen LogP contribution is -2.50. The predicted octanol–water partition coefficient (Wildman–Crippen LogP) is 1.23. The molecule has 0 spiro atoms. The van der Waals surface area contributed by atoms with E-state index < -0.39 is 12.6 Å². The monoisotopic (exact) mass is 196 g/mol. The van der Waals surface area contributed by atoms with Gasteiger partial charge in [0.1, 0.15) is 0 Å². The molecule has 0 aromatic carbocycles. The van der Waals surface area contributed by atoms with Gasteiger partial charge in [-0.1, -0.05) is 0 Å². The van der Waals surface area contributed by atoms with E-state index in [-0.39, 0.29) is 12.6 Å². The molecule has 0 aromatic heterocycles. The van der Waals surface area contributed by atoms with Gasteiger partial charge in [-0.2, -0.15) is 13.2 Å². The van der Waals surface area contributed by atoms with E-state index in [9.17, 15) is 13.2 Å². The lowest BCUT2D eigenvalue weighted by molar-refractivity contribution is -0.139. The Kier molecular flexibility index (Phi) is 3.55. The Bertz CT molecular complexity index is 158. The molecular weight excluding hydrogens is 181 g/mol. The van der Waals surface area contributed by atoms with Gasteiger partial charge in [0.2, 0.25) is 0 Å². The maximum absolute atomic E-state index is 11.9. The number of nitrogens with zero attached hydrogens (tertiary/aromatic N) is 1. The minimum Gasteiger partial charge on any atom is -0.314 e. The minimum atomic E-state index is -4.02. The molecular formula is C8H15F3N2. The number of halogens is 3. The van der Waals surface area contributed by atoms with Crippen LogP contribution in [0.4, 0.5) is 13.2 Å². The molecule has 2 nitrogen and oxygen atoms in total. The van der Waals surface area contributed by atoms with Gasteiger partial charge in [-0.05, 0) is 6.92 Å². The third-order valence-corrected chi connectivity index (χ3v) is 2.32. The zero-order chi connectivity index (χ0) is 9.90. The third-order valence-electron chi connectivity index (χ3n) is 2.32. The van der Waals surface area contributed by atoms with E-state index in [1.807, 2.05) is 11.8 Å². The van der Waals surface area contributed by atoms with Gasteiger partial charge in [0.05, 0.1) is 6.42 Å². The van der Waals surface area contributed by atoms with E-state index in [1.54, 1.807) is 0 Å². The summed E-state index contributed by atoms with van der Waals surface area (Å²) >= 11 is 0. The standard InChI is InChI=1S/C8H15F3N2/c1-7-6-12-3-5-13(7)4-2-8(9,10)11/h7,12H,2-6H2,1H3/t7-/m1/s1. The maximum atomic E-state index is 11.9. The summed E-state index contributed by atoms with van der Waals surface area (Å²) in [5.41, 5.74) is 0. The van der Waals surface area contributed by atoms with Gasteiger partial charge in [0, 0.05) is 32.2 Å². The van der Waals surface area contributed by atoms with Crippen LogP contribution in [0.15, 0.2) is 0 Å². The van der Waals surface area contributed by atoms with Crippen LogP contribution in [0.1, 0.15) is 13.3 Å². The molecule has 0 amide bonds. The first-order chi connectivity index (χ1) is 5.99. The Hall–Kier alpha value is -0.290. The summed E-state index contributed by atoms with van der Waals surface area (Å²) in [5, 5.41) is 3.14. The lowest BCUT2D eigenvalue weighted by atomic mass is 10.2. The third kappa shape index (κ3) is 3.95. The molecule has 0 bridgehead atoms. The second kappa shape index (κ2) is 4.28. The van der Waals surface area contributed by atoms with Gasteiger partial charge >= 0.3 is 6.18 Å². The molecule has 13 heavy (non-hydrogen) atoms. The van der Waals surface area contributed by atoms with Crippen molar-refractivity contribution < 1.29 is 13.2 Å². The van der Waals surface area contributed by atoms with Gasteiger partial charge in [0.15, 0.2) is 0 Å². The first-order valence-electron chi connectivity index (χ1n) is 4.50. The summed E-state index contributed by atoms with van der Waals surface area (Å²) in [6.45, 7) is 4.38. The van der Waals surface area contributed by atoms with Crippen LogP contribution in [-0.4, -0.2) is 43.3 Å². The van der Waals surface area contributed by atoms with Crippen LogP contribution in [0.3, 0.4) is 0 Å². The molecule has 0 aromatic rings. The van der Waals surface area contributed by atoms with Crippen LogP contribution in [-0.2, 0) is 0 Å². The van der Waals surface area contributed by atoms with Gasteiger partial charge in [-0.15, -0.1) is 0 Å². The van der Waals surface area contributed by atoms with E-state index in [0.717, 1.165) is 19.6 Å². The van der Waals surface area contributed by atoms with Crippen LogP contribution < -0.4 is 5.32 Å². The fourth-order valence-electron chi connectivity index (χ4n) is 1.49. The average Bonchev–Trinajstić information content (AvgIpc) is 2.01. The van der Waals surface area contributed by atoms with E-state index in [0.29, 0.717) is 0 Å². The molecule has 1 N–H and O–H groups in total. The summed E-state index contributed by atoms with van der Waals surface area (Å²) in [4.78, 5) is 1.88. The molecule has 1 atom stereocenters. The van der Waals surface area contributed by atoms with Crippen molar-refractivity contribution in [1.29, 1.82) is 0 Å². The summed E-state index contributed by atoms with van der Waals surface area (Å²) in [5.74, 6) is 0. The molecule has 1 heterocycles. The molecule has 1 aliphatic heterocycles. The average molecular weight is 196 g/mol. The van der Waals surface area contributed by atoms with Crippen molar-refractivity contribution in [3.05, 3.63) is 0 Å². The summed E-state index contributed by atoms with van der Waals surface area (Å²) in [6.07, 6.45) is -4.72. The second-order valence-electron chi connectivity index (χ2n) is 3.45. The number of piperazine rings is 1. The molecule has 1 aliphatic rings. The SMILES string of the molecule is C[C@@H]1CNCCN1CCC(F)(F)F. The van der Waals surface area contributed by atoms with Crippen LogP contribution in [0.5, 0.6) is 0 Å². The molecule has 1 saturated heterocycles. The van der Waals surface area contributed by atoms with Crippen molar-refractivity contribution in [3.8, 4) is 0 Å². The van der Waals surface area contributed by atoms with Crippen LogP contribution in [0.25, 0.3) is 0 Å². The van der Waals surface area contributed by atoms with Crippen molar-refractivity contribution >= 4 is 0 Å². The van der Waals surface area contributed by atoms with Crippen LogP contribution >= 0.6 is 0 Å². The summed E-state index contributed by atoms with van der Waals surface area (Å²) in [6, 6.07) is 0.219. The highest BCUT2D eigenvalue weighted by atomic mass is 19.4. The predicted molar refractivity (Wildman–Crippen MR) is 44.6 cm³/mol. The van der Waals surface area contributed by atoms with E-state index in [4.69, 9.17) is 0 Å². The molecule has 1 rings (SSSR count). The Balaban J connectivity index is 2.27. The number of hydrogen-bond donors (Lipinski definition) is 1. The van der Waals surface area contributed by atoms with Gasteiger partial charge < -0.3 is 5.32 Å². The van der Waals surface area contributed by atoms with Crippen molar-refractivity contribution in [2.45, 2.75) is 25.6 Å². The fraction of sp³-hybridized carbons (Fsp3) is 1.00. The van der Waals surface area contributed by atoms with Gasteiger partial charge in [-0.25, -0.2) is 0 Å². The zero-order valence-electron chi connectivity index (χ0n) is 7.69. The molecule has 0 unspecified atom stereocenters. The van der Waals surface area contributed by atoms with Crippen molar-refractivity contribution in [1.82, 2.24) is 10.2 Å². The largest absolute Gasteiger partial charge is 0.390 e. The highest BCUT2D eigenvalue weighted by Gasteiger charge is 2.29. The topological polar surface area (TPSA) is 15.3 Å². The maximum Gasteiger partial charge on any atom is 0.390 e. The Labute approximate surface area is 76.1 Å². The van der Waals surface area contributed by atoms with Crippen LogP contribution in [0, 0.1) is 0 Å². The molecule has 0 aliphatic carbocycles. The number of hydrogen-bond acceptors (Lipinski definition) is 2. The van der Waals surface area contributed by atoms with Crippen molar-refractivity contribution in [2.24, 2.45) is 0 Å². The molecule has 78 valence electrons. The Morgan fingerprint density at radius 2 is 2.15 bits per heavy atom. The van der Waals surface area contributed by atoms with Crippen molar-refractivity contribution in [2.75, 3.05) is 26.2 Å². The first-order valence-corrected chi connectivity index (χ1v) is 4.50. The molecule has 0 saturated carbocycles. The van der Waals surface area contributed by atoms with Gasteiger partial charge in [0.25, 0.3) is 0 Å². The number of alkyl halides is 3. The Morgan fingerprint density at radius 1 is 1.46 bits per heavy atom. The first kappa shape index (κ1) is 10.8. The second-order valence-corrected chi connectivity index (χ2v) is 3.45. The fourth-order valence-corrected chi connectivity index (χ4v) is 1.49. The Morgan fingerprint density at radius 3 is 2.69 bits per heavy atom. The summed E-state index contributed by atoms with van der Waals surface area (Å²) < 4.78 is 35.7. The number of nitrogens with one attached hydrogen (secondary N) is 1. The minimum absolute atomic E-state index is 0.131. The van der Waals surface area contributed by atoms with E-state index >= 15 is 0 Å². The zero-order valence-corrected chi connectivity index (χ0v) is 7.69. The molecule has 5 heteroatoms. The lowest BCUT2D eigenvalue weighted by Gasteiger charge is -2.33.